The van der Waals surface area contributed by atoms with Crippen LogP contribution in [0.25, 0.3) is 0 Å². The van der Waals surface area contributed by atoms with E-state index in [0.717, 1.165) is 8.92 Å². The molecule has 0 saturated heterocycles. The number of carbonyl (C=O) groups excluding carboxylic acids is 1. The number of anilines is 1. The molecule has 0 aromatic carbocycles. The van der Waals surface area contributed by atoms with Gasteiger partial charge >= 0.3 is 0 Å². The predicted octanol–water partition coefficient (Wildman–Crippen LogP) is 1.45. The highest BCUT2D eigenvalue weighted by molar-refractivity contribution is 9.11. The molecule has 0 aliphatic rings. The van der Waals surface area contributed by atoms with E-state index in [4.69, 9.17) is 0 Å². The normalized spacial score (nSPS) is 12.2. The Balaban J connectivity index is 2.54. The summed E-state index contributed by atoms with van der Waals surface area (Å²) in [4.78, 5) is 15.2. The lowest BCUT2D eigenvalue weighted by atomic mass is 10.3. The van der Waals surface area contributed by atoms with E-state index in [1.54, 1.807) is 20.2 Å². The number of aromatic nitrogens is 1. The SMILES string of the molecule is CNC(=O)[C@H](C)Nc1ncc(Br)s1. The van der Waals surface area contributed by atoms with Crippen LogP contribution in [-0.4, -0.2) is 24.0 Å². The number of nitrogens with zero attached hydrogens (tertiary/aromatic N) is 1. The molecular formula is C7H10BrN3OS. The molecule has 6 heteroatoms. The molecule has 0 aliphatic carbocycles. The molecule has 1 aromatic rings. The van der Waals surface area contributed by atoms with Crippen LogP contribution in [0.2, 0.25) is 0 Å². The minimum absolute atomic E-state index is 0.0497. The minimum atomic E-state index is -0.261. The number of carbonyl (C=O) groups is 1. The van der Waals surface area contributed by atoms with Gasteiger partial charge in [-0.2, -0.15) is 0 Å². The van der Waals surface area contributed by atoms with E-state index in [9.17, 15) is 4.79 Å². The third-order valence-electron chi connectivity index (χ3n) is 1.46. The molecule has 1 amide bonds. The quantitative estimate of drug-likeness (QED) is 0.868. The predicted molar refractivity (Wildman–Crippen MR) is 57.0 cm³/mol. The van der Waals surface area contributed by atoms with Gasteiger partial charge in [0.05, 0.1) is 9.98 Å². The zero-order valence-corrected chi connectivity index (χ0v) is 9.70. The topological polar surface area (TPSA) is 54.0 Å². The van der Waals surface area contributed by atoms with Crippen molar-refractivity contribution in [2.24, 2.45) is 0 Å². The summed E-state index contributed by atoms with van der Waals surface area (Å²) in [7, 11) is 1.61. The fourth-order valence-electron chi connectivity index (χ4n) is 0.788. The van der Waals surface area contributed by atoms with Gasteiger partial charge in [0.25, 0.3) is 0 Å². The first kappa shape index (κ1) is 10.5. The van der Waals surface area contributed by atoms with Crippen molar-refractivity contribution in [1.82, 2.24) is 10.3 Å². The van der Waals surface area contributed by atoms with Crippen LogP contribution in [0.15, 0.2) is 9.98 Å². The highest BCUT2D eigenvalue weighted by atomic mass is 79.9. The van der Waals surface area contributed by atoms with Crippen LogP contribution in [-0.2, 0) is 4.79 Å². The lowest BCUT2D eigenvalue weighted by Crippen LogP contribution is -2.35. The highest BCUT2D eigenvalue weighted by Crippen LogP contribution is 2.23. The van der Waals surface area contributed by atoms with E-state index in [-0.39, 0.29) is 11.9 Å². The minimum Gasteiger partial charge on any atom is -0.357 e. The summed E-state index contributed by atoms with van der Waals surface area (Å²) < 4.78 is 0.944. The second kappa shape index (κ2) is 4.57. The maximum absolute atomic E-state index is 11.1. The summed E-state index contributed by atoms with van der Waals surface area (Å²) in [6, 6.07) is -0.261. The van der Waals surface area contributed by atoms with Gasteiger partial charge in [-0.05, 0) is 22.9 Å². The molecule has 1 heterocycles. The molecule has 4 nitrogen and oxygen atoms in total. The molecule has 1 rings (SSSR count). The molecule has 0 fully saturated rings. The first-order valence-electron chi connectivity index (χ1n) is 3.73. The summed E-state index contributed by atoms with van der Waals surface area (Å²) in [6.07, 6.45) is 1.70. The zero-order chi connectivity index (χ0) is 9.84. The largest absolute Gasteiger partial charge is 0.357 e. The maximum Gasteiger partial charge on any atom is 0.242 e. The molecule has 0 spiro atoms. The van der Waals surface area contributed by atoms with Gasteiger partial charge in [0, 0.05) is 7.05 Å². The lowest BCUT2D eigenvalue weighted by Gasteiger charge is -2.10. The Bertz CT molecular complexity index is 302. The van der Waals surface area contributed by atoms with Gasteiger partial charge in [0.1, 0.15) is 6.04 Å². The number of thiazole rings is 1. The average molecular weight is 264 g/mol. The molecule has 0 bridgehead atoms. The van der Waals surface area contributed by atoms with Gasteiger partial charge in [0.15, 0.2) is 5.13 Å². The smallest absolute Gasteiger partial charge is 0.242 e. The van der Waals surface area contributed by atoms with Crippen molar-refractivity contribution in [3.05, 3.63) is 9.98 Å². The van der Waals surface area contributed by atoms with Crippen molar-refractivity contribution >= 4 is 38.3 Å². The molecule has 0 aliphatic heterocycles. The summed E-state index contributed by atoms with van der Waals surface area (Å²) in [6.45, 7) is 1.79. The Morgan fingerprint density at radius 2 is 2.46 bits per heavy atom. The molecule has 72 valence electrons. The standard InChI is InChI=1S/C7H10BrN3OS/c1-4(6(12)9-2)11-7-10-3-5(8)13-7/h3-4H,1-2H3,(H,9,12)(H,10,11)/t4-/m0/s1. The molecule has 0 saturated carbocycles. The van der Waals surface area contributed by atoms with E-state index in [2.05, 4.69) is 31.5 Å². The second-order valence-corrected chi connectivity index (χ2v) is 4.86. The average Bonchev–Trinajstić information content (AvgIpc) is 2.49. The maximum atomic E-state index is 11.1. The van der Waals surface area contributed by atoms with Crippen LogP contribution in [0.1, 0.15) is 6.92 Å². The van der Waals surface area contributed by atoms with Gasteiger partial charge in [-0.1, -0.05) is 11.3 Å². The van der Waals surface area contributed by atoms with Crippen LogP contribution < -0.4 is 10.6 Å². The summed E-state index contributed by atoms with van der Waals surface area (Å²) in [5.74, 6) is -0.0497. The lowest BCUT2D eigenvalue weighted by molar-refractivity contribution is -0.121. The number of likely N-dealkylation sites (N-methyl/N-ethyl adjacent to an activating group) is 1. The molecule has 1 aromatic heterocycles. The number of halogens is 1. The van der Waals surface area contributed by atoms with Crippen LogP contribution in [0.3, 0.4) is 0 Å². The number of rotatable bonds is 3. The number of hydrogen-bond acceptors (Lipinski definition) is 4. The number of hydrogen-bond donors (Lipinski definition) is 2. The van der Waals surface area contributed by atoms with E-state index in [1.807, 2.05) is 0 Å². The fraction of sp³-hybridized carbons (Fsp3) is 0.429. The Labute approximate surface area is 88.9 Å². The third-order valence-corrected chi connectivity index (χ3v) is 2.86. The van der Waals surface area contributed by atoms with Gasteiger partial charge < -0.3 is 10.6 Å². The molecular weight excluding hydrogens is 254 g/mol. The summed E-state index contributed by atoms with van der Waals surface area (Å²) >= 11 is 4.75. The Morgan fingerprint density at radius 3 is 2.92 bits per heavy atom. The second-order valence-electron chi connectivity index (χ2n) is 2.45. The Morgan fingerprint density at radius 1 is 1.77 bits per heavy atom. The Hall–Kier alpha value is -0.620. The van der Waals surface area contributed by atoms with Crippen molar-refractivity contribution < 1.29 is 4.79 Å². The highest BCUT2D eigenvalue weighted by Gasteiger charge is 2.11. The summed E-state index contributed by atoms with van der Waals surface area (Å²) in [5, 5.41) is 6.27. The van der Waals surface area contributed by atoms with Crippen molar-refractivity contribution in [2.45, 2.75) is 13.0 Å². The van der Waals surface area contributed by atoms with Crippen LogP contribution in [0.5, 0.6) is 0 Å². The summed E-state index contributed by atoms with van der Waals surface area (Å²) in [5.41, 5.74) is 0. The van der Waals surface area contributed by atoms with E-state index in [0.29, 0.717) is 0 Å². The number of amides is 1. The number of nitrogens with one attached hydrogen (secondary N) is 2. The monoisotopic (exact) mass is 263 g/mol. The molecule has 2 N–H and O–H groups in total. The van der Waals surface area contributed by atoms with Crippen molar-refractivity contribution in [1.29, 1.82) is 0 Å². The first-order chi connectivity index (χ1) is 6.13. The third kappa shape index (κ3) is 2.96. The fourth-order valence-corrected chi connectivity index (χ4v) is 1.98. The molecule has 13 heavy (non-hydrogen) atoms. The molecule has 1 atom stereocenters. The Kier molecular flexibility index (Phi) is 3.68. The van der Waals surface area contributed by atoms with Crippen molar-refractivity contribution in [2.75, 3.05) is 12.4 Å². The van der Waals surface area contributed by atoms with E-state index < -0.39 is 0 Å². The first-order valence-corrected chi connectivity index (χ1v) is 5.34. The van der Waals surface area contributed by atoms with Crippen LogP contribution in [0, 0.1) is 0 Å². The van der Waals surface area contributed by atoms with Crippen molar-refractivity contribution in [3.63, 3.8) is 0 Å². The van der Waals surface area contributed by atoms with Gasteiger partial charge in [-0.25, -0.2) is 4.98 Å². The molecule has 0 unspecified atom stereocenters. The molecule has 0 radical (unpaired) electrons. The van der Waals surface area contributed by atoms with Crippen LogP contribution in [0.4, 0.5) is 5.13 Å². The van der Waals surface area contributed by atoms with Gasteiger partial charge in [0.2, 0.25) is 5.91 Å². The van der Waals surface area contributed by atoms with E-state index >= 15 is 0 Å². The van der Waals surface area contributed by atoms with Crippen molar-refractivity contribution in [3.8, 4) is 0 Å². The van der Waals surface area contributed by atoms with Gasteiger partial charge in [-0.15, -0.1) is 0 Å². The van der Waals surface area contributed by atoms with E-state index in [1.165, 1.54) is 11.3 Å². The van der Waals surface area contributed by atoms with Gasteiger partial charge in [-0.3, -0.25) is 4.79 Å². The van der Waals surface area contributed by atoms with Crippen LogP contribution >= 0.6 is 27.3 Å². The zero-order valence-electron chi connectivity index (χ0n) is 7.30.